The number of hydrogen-bond acceptors (Lipinski definition) is 3. The van der Waals surface area contributed by atoms with Crippen molar-refractivity contribution in [1.29, 1.82) is 0 Å². The number of rotatable bonds is 2. The van der Waals surface area contributed by atoms with Crippen molar-refractivity contribution in [2.45, 2.75) is 19.8 Å². The van der Waals surface area contributed by atoms with Crippen LogP contribution in [0.1, 0.15) is 17.5 Å². The van der Waals surface area contributed by atoms with E-state index in [4.69, 9.17) is 0 Å². The molecule has 0 spiro atoms. The molecule has 4 nitrogen and oxygen atoms in total. The molecule has 1 aliphatic rings. The average Bonchev–Trinajstić information content (AvgIpc) is 2.31. The zero-order valence-electron chi connectivity index (χ0n) is 12.0. The van der Waals surface area contributed by atoms with E-state index in [0.717, 1.165) is 24.0 Å². The van der Waals surface area contributed by atoms with E-state index in [9.17, 15) is 13.4 Å². The van der Waals surface area contributed by atoms with E-state index in [1.165, 1.54) is 18.6 Å². The summed E-state index contributed by atoms with van der Waals surface area (Å²) >= 11 is 0. The number of amides is 1. The minimum Gasteiger partial charge on any atom is -0.360 e. The maximum atomic E-state index is 14.0. The molecule has 1 aromatic rings. The number of hydrogen-bond donors (Lipinski definition) is 0. The molecule has 1 aromatic carbocycles. The molecule has 0 fully saturated rings. The van der Waals surface area contributed by atoms with Gasteiger partial charge in [-0.3, -0.25) is 4.79 Å². The van der Waals surface area contributed by atoms with Gasteiger partial charge in [0.2, 0.25) is 0 Å². The molecular formula is C14H19FN2O2S. The number of fused-ring (bicyclic) bond motifs is 1. The molecule has 0 bridgehead atoms. The van der Waals surface area contributed by atoms with Gasteiger partial charge < -0.3 is 4.90 Å². The van der Waals surface area contributed by atoms with Crippen molar-refractivity contribution < 1.29 is 13.4 Å². The third-order valence-corrected chi connectivity index (χ3v) is 3.93. The summed E-state index contributed by atoms with van der Waals surface area (Å²) < 4.78 is 29.2. The van der Waals surface area contributed by atoms with E-state index in [0.29, 0.717) is 12.2 Å². The van der Waals surface area contributed by atoms with Crippen LogP contribution in [0.5, 0.6) is 0 Å². The highest BCUT2D eigenvalue weighted by atomic mass is 32.2. The summed E-state index contributed by atoms with van der Waals surface area (Å²) in [5, 5.41) is 0. The molecule has 1 heterocycles. The van der Waals surface area contributed by atoms with Crippen molar-refractivity contribution in [1.82, 2.24) is 0 Å². The lowest BCUT2D eigenvalue weighted by Crippen LogP contribution is -2.35. The summed E-state index contributed by atoms with van der Waals surface area (Å²) in [6.45, 7) is 2.54. The summed E-state index contributed by atoms with van der Waals surface area (Å²) in [6.07, 6.45) is 4.52. The van der Waals surface area contributed by atoms with Crippen LogP contribution >= 0.6 is 0 Å². The van der Waals surface area contributed by atoms with Gasteiger partial charge in [0.25, 0.3) is 5.91 Å². The predicted molar refractivity (Wildman–Crippen MR) is 79.1 cm³/mol. The number of anilines is 1. The van der Waals surface area contributed by atoms with E-state index in [2.05, 4.69) is 4.36 Å². The molecule has 0 unspecified atom stereocenters. The van der Waals surface area contributed by atoms with Crippen molar-refractivity contribution in [3.63, 3.8) is 0 Å². The highest BCUT2D eigenvalue weighted by molar-refractivity contribution is 7.92. The van der Waals surface area contributed by atoms with Gasteiger partial charge >= 0.3 is 0 Å². The molecule has 2 rings (SSSR count). The number of nitrogens with zero attached hydrogens (tertiary/aromatic N) is 2. The fraction of sp³-hybridized carbons (Fsp3) is 0.500. The van der Waals surface area contributed by atoms with Crippen LogP contribution in [0, 0.1) is 12.7 Å². The van der Waals surface area contributed by atoms with Gasteiger partial charge in [0.05, 0.1) is 12.2 Å². The minimum atomic E-state index is -2.46. The monoisotopic (exact) mass is 298 g/mol. The molecule has 0 aliphatic carbocycles. The van der Waals surface area contributed by atoms with Crippen LogP contribution in [0.25, 0.3) is 0 Å². The predicted octanol–water partition coefficient (Wildman–Crippen LogP) is 2.14. The number of halogens is 1. The Bertz CT molecular complexity index is 655. The molecule has 0 aromatic heterocycles. The molecule has 0 radical (unpaired) electrons. The molecule has 0 atom stereocenters. The fourth-order valence-electron chi connectivity index (χ4n) is 2.52. The van der Waals surface area contributed by atoms with Gasteiger partial charge in [-0.2, -0.15) is 4.36 Å². The lowest BCUT2D eigenvalue weighted by molar-refractivity contribution is -0.116. The molecule has 110 valence electrons. The van der Waals surface area contributed by atoms with Crippen molar-refractivity contribution in [2.75, 3.05) is 30.5 Å². The van der Waals surface area contributed by atoms with E-state index in [1.54, 1.807) is 11.0 Å². The van der Waals surface area contributed by atoms with Gasteiger partial charge in [-0.1, -0.05) is 6.07 Å². The first-order chi connectivity index (χ1) is 9.28. The van der Waals surface area contributed by atoms with Crippen molar-refractivity contribution in [3.05, 3.63) is 29.1 Å². The number of carbonyl (C=O) groups excluding carboxylic acids is 1. The summed E-state index contributed by atoms with van der Waals surface area (Å²) in [7, 11) is -2.46. The summed E-state index contributed by atoms with van der Waals surface area (Å²) in [5.41, 5.74) is 2.49. The Morgan fingerprint density at radius 2 is 2.15 bits per heavy atom. The smallest absolute Gasteiger partial charge is 0.273 e. The normalized spacial score (nSPS) is 14.9. The van der Waals surface area contributed by atoms with Crippen LogP contribution < -0.4 is 4.90 Å². The van der Waals surface area contributed by atoms with E-state index in [1.807, 2.05) is 6.92 Å². The Morgan fingerprint density at radius 1 is 1.45 bits per heavy atom. The molecule has 1 aliphatic heterocycles. The van der Waals surface area contributed by atoms with Gasteiger partial charge in [-0.15, -0.1) is 0 Å². The second kappa shape index (κ2) is 5.52. The molecule has 20 heavy (non-hydrogen) atoms. The van der Waals surface area contributed by atoms with E-state index < -0.39 is 15.6 Å². The average molecular weight is 298 g/mol. The van der Waals surface area contributed by atoms with Crippen LogP contribution in [0.3, 0.4) is 0 Å². The third-order valence-electron chi connectivity index (χ3n) is 3.29. The Balaban J connectivity index is 2.32. The molecule has 6 heteroatoms. The Kier molecular flexibility index (Phi) is 4.13. The lowest BCUT2D eigenvalue weighted by atomic mass is 9.96. The van der Waals surface area contributed by atoms with Gasteiger partial charge in [-0.05, 0) is 37.0 Å². The quantitative estimate of drug-likeness (QED) is 0.840. The van der Waals surface area contributed by atoms with Crippen LogP contribution in [-0.2, 0) is 20.9 Å². The highest BCUT2D eigenvalue weighted by Crippen LogP contribution is 2.32. The van der Waals surface area contributed by atoms with Gasteiger partial charge in [0.1, 0.15) is 5.82 Å². The fourth-order valence-corrected chi connectivity index (χ4v) is 3.07. The van der Waals surface area contributed by atoms with Crippen LogP contribution in [0.15, 0.2) is 16.5 Å². The maximum absolute atomic E-state index is 14.0. The molecule has 0 saturated heterocycles. The Labute approximate surface area is 119 Å². The lowest BCUT2D eigenvalue weighted by Gasteiger charge is -2.31. The van der Waals surface area contributed by atoms with E-state index >= 15 is 0 Å². The molecule has 0 N–H and O–H groups in total. The van der Waals surface area contributed by atoms with Crippen LogP contribution in [0.2, 0.25) is 0 Å². The van der Waals surface area contributed by atoms with Crippen molar-refractivity contribution in [3.8, 4) is 0 Å². The maximum Gasteiger partial charge on any atom is 0.273 e. The Hall–Kier alpha value is -1.43. The summed E-state index contributed by atoms with van der Waals surface area (Å²) in [5.74, 6) is -0.777. The van der Waals surface area contributed by atoms with Crippen LogP contribution in [0.4, 0.5) is 10.1 Å². The van der Waals surface area contributed by atoms with Crippen molar-refractivity contribution in [2.24, 2.45) is 4.36 Å². The Morgan fingerprint density at radius 3 is 2.80 bits per heavy atom. The standard InChI is InChI=1S/C14H19FN2O2S/c1-10-6-7-12(15)14-11(10)5-4-8-17(14)9-13(18)16-20(2,3)19/h6-7H,4-5,8-9H2,1-3H3. The first-order valence-corrected chi connectivity index (χ1v) is 8.84. The second-order valence-electron chi connectivity index (χ2n) is 5.38. The second-order valence-corrected chi connectivity index (χ2v) is 7.93. The van der Waals surface area contributed by atoms with Gasteiger partial charge in [0, 0.05) is 28.8 Å². The minimum absolute atomic E-state index is 0.0218. The summed E-state index contributed by atoms with van der Waals surface area (Å²) in [4.78, 5) is 13.5. The van der Waals surface area contributed by atoms with Crippen molar-refractivity contribution >= 4 is 21.3 Å². The first kappa shape index (κ1) is 15.0. The topological polar surface area (TPSA) is 49.7 Å². The van der Waals surface area contributed by atoms with Gasteiger partial charge in [-0.25, -0.2) is 8.60 Å². The number of carbonyl (C=O) groups is 1. The molecule has 0 saturated carbocycles. The largest absolute Gasteiger partial charge is 0.360 e. The van der Waals surface area contributed by atoms with E-state index in [-0.39, 0.29) is 12.4 Å². The molecule has 1 amide bonds. The summed E-state index contributed by atoms with van der Waals surface area (Å²) in [6, 6.07) is 3.19. The third kappa shape index (κ3) is 3.36. The van der Waals surface area contributed by atoms with Crippen LogP contribution in [-0.4, -0.2) is 35.7 Å². The molecular weight excluding hydrogens is 279 g/mol. The number of benzene rings is 1. The van der Waals surface area contributed by atoms with Gasteiger partial charge in [0.15, 0.2) is 0 Å². The zero-order valence-corrected chi connectivity index (χ0v) is 12.8. The highest BCUT2D eigenvalue weighted by Gasteiger charge is 2.23. The first-order valence-electron chi connectivity index (χ1n) is 6.51. The number of aryl methyl sites for hydroxylation is 1. The SMILES string of the molecule is Cc1ccc(F)c2c1CCCN2CC(=O)N=S(C)(C)=O. The zero-order chi connectivity index (χ0) is 14.9.